The number of piperazine rings is 1. The molecular formula is C20H27N3O3S. The summed E-state index contributed by atoms with van der Waals surface area (Å²) in [5, 5.41) is 0.0198. The zero-order valence-corrected chi connectivity index (χ0v) is 16.6. The highest BCUT2D eigenvalue weighted by Crippen LogP contribution is 2.42. The highest BCUT2D eigenvalue weighted by molar-refractivity contribution is 8.00. The average molecular weight is 390 g/mol. The lowest BCUT2D eigenvalue weighted by Crippen LogP contribution is -2.50. The van der Waals surface area contributed by atoms with E-state index in [4.69, 9.17) is 4.74 Å². The van der Waals surface area contributed by atoms with Crippen molar-refractivity contribution in [1.82, 2.24) is 14.7 Å². The van der Waals surface area contributed by atoms with E-state index < -0.39 is 0 Å². The maximum Gasteiger partial charge on any atom is 0.233 e. The molecule has 3 aliphatic rings. The third-order valence-electron chi connectivity index (χ3n) is 5.64. The zero-order chi connectivity index (χ0) is 18.8. The van der Waals surface area contributed by atoms with Gasteiger partial charge in [0.2, 0.25) is 11.8 Å². The smallest absolute Gasteiger partial charge is 0.233 e. The van der Waals surface area contributed by atoms with Crippen LogP contribution in [0.15, 0.2) is 24.3 Å². The number of amides is 2. The molecule has 0 radical (unpaired) electrons. The largest absolute Gasteiger partial charge is 0.496 e. The molecule has 7 heteroatoms. The van der Waals surface area contributed by atoms with Crippen molar-refractivity contribution in [3.63, 3.8) is 0 Å². The summed E-state index contributed by atoms with van der Waals surface area (Å²) >= 11 is 1.67. The summed E-state index contributed by atoms with van der Waals surface area (Å²) in [4.78, 5) is 31.0. The second-order valence-corrected chi connectivity index (χ2v) is 8.50. The number of thioether (sulfide) groups is 1. The number of methoxy groups -OCH3 is 1. The van der Waals surface area contributed by atoms with Crippen molar-refractivity contribution in [1.29, 1.82) is 0 Å². The van der Waals surface area contributed by atoms with Crippen LogP contribution in [0.5, 0.6) is 5.75 Å². The molecule has 2 saturated heterocycles. The van der Waals surface area contributed by atoms with E-state index in [0.29, 0.717) is 24.1 Å². The van der Waals surface area contributed by atoms with Crippen LogP contribution in [0.25, 0.3) is 0 Å². The van der Waals surface area contributed by atoms with Crippen LogP contribution >= 0.6 is 11.8 Å². The molecule has 1 unspecified atom stereocenters. The Kier molecular flexibility index (Phi) is 5.59. The first-order chi connectivity index (χ1) is 13.2. The topological polar surface area (TPSA) is 53.1 Å². The highest BCUT2D eigenvalue weighted by atomic mass is 32.2. The van der Waals surface area contributed by atoms with Gasteiger partial charge >= 0.3 is 0 Å². The van der Waals surface area contributed by atoms with Crippen LogP contribution in [0.3, 0.4) is 0 Å². The van der Waals surface area contributed by atoms with Crippen LogP contribution in [0.4, 0.5) is 0 Å². The Morgan fingerprint density at radius 3 is 2.59 bits per heavy atom. The first-order valence-electron chi connectivity index (χ1n) is 9.72. The van der Waals surface area contributed by atoms with Gasteiger partial charge in [-0.25, -0.2) is 0 Å². The van der Waals surface area contributed by atoms with Crippen LogP contribution in [0, 0.1) is 5.92 Å². The van der Waals surface area contributed by atoms with Gasteiger partial charge in [-0.1, -0.05) is 18.2 Å². The molecule has 0 N–H and O–H groups in total. The number of carbonyl (C=O) groups is 2. The Labute approximate surface area is 164 Å². The fraction of sp³-hybridized carbons (Fsp3) is 0.600. The molecule has 1 aliphatic carbocycles. The normalized spacial score (nSPS) is 23.7. The van der Waals surface area contributed by atoms with Gasteiger partial charge in [-0.05, 0) is 18.9 Å². The maximum absolute atomic E-state index is 12.4. The molecule has 2 amide bonds. The predicted octanol–water partition coefficient (Wildman–Crippen LogP) is 1.82. The number of hydrogen-bond acceptors (Lipinski definition) is 5. The highest BCUT2D eigenvalue weighted by Gasteiger charge is 2.36. The molecule has 1 saturated carbocycles. The summed E-state index contributed by atoms with van der Waals surface area (Å²) < 4.78 is 5.50. The van der Waals surface area contributed by atoms with Gasteiger partial charge in [-0.2, -0.15) is 0 Å². The van der Waals surface area contributed by atoms with Crippen molar-refractivity contribution in [2.45, 2.75) is 18.2 Å². The van der Waals surface area contributed by atoms with Gasteiger partial charge in [0, 0.05) is 50.7 Å². The summed E-state index contributed by atoms with van der Waals surface area (Å²) in [5.74, 6) is 2.20. The van der Waals surface area contributed by atoms with Crippen molar-refractivity contribution in [2.75, 3.05) is 52.1 Å². The molecule has 0 aromatic heterocycles. The predicted molar refractivity (Wildman–Crippen MR) is 106 cm³/mol. The molecule has 2 heterocycles. The van der Waals surface area contributed by atoms with Crippen LogP contribution < -0.4 is 4.74 Å². The van der Waals surface area contributed by atoms with Crippen molar-refractivity contribution in [2.24, 2.45) is 5.92 Å². The van der Waals surface area contributed by atoms with Crippen LogP contribution in [0.1, 0.15) is 23.8 Å². The third-order valence-corrected chi connectivity index (χ3v) is 6.88. The Morgan fingerprint density at radius 2 is 1.89 bits per heavy atom. The maximum atomic E-state index is 12.4. The van der Waals surface area contributed by atoms with E-state index in [9.17, 15) is 9.59 Å². The Hall–Kier alpha value is -1.73. The van der Waals surface area contributed by atoms with Crippen molar-refractivity contribution < 1.29 is 14.3 Å². The van der Waals surface area contributed by atoms with E-state index in [2.05, 4.69) is 4.90 Å². The lowest BCUT2D eigenvalue weighted by Gasteiger charge is -2.36. The van der Waals surface area contributed by atoms with Gasteiger partial charge in [0.05, 0.1) is 12.9 Å². The van der Waals surface area contributed by atoms with Crippen LogP contribution in [-0.2, 0) is 9.59 Å². The van der Waals surface area contributed by atoms with Gasteiger partial charge in [0.1, 0.15) is 11.1 Å². The summed E-state index contributed by atoms with van der Waals surface area (Å²) in [5.41, 5.74) is 1.07. The molecule has 1 atom stereocenters. The lowest BCUT2D eigenvalue weighted by molar-refractivity contribution is -0.134. The standard InChI is InChI=1S/C20H27N3O3S/c1-26-17-5-3-2-4-16(17)20-23(18(24)14-27-20)13-10-21-8-11-22(12-9-21)19(25)15-6-7-15/h2-5,15,20H,6-14H2,1H3. The second-order valence-electron chi connectivity index (χ2n) is 7.43. The third kappa shape index (κ3) is 4.09. The van der Waals surface area contributed by atoms with Crippen molar-refractivity contribution in [3.05, 3.63) is 29.8 Å². The molecule has 0 spiro atoms. The van der Waals surface area contributed by atoms with Gasteiger partial charge < -0.3 is 14.5 Å². The van der Waals surface area contributed by atoms with Gasteiger partial charge in [0.15, 0.2) is 0 Å². The number of ether oxygens (including phenoxy) is 1. The van der Waals surface area contributed by atoms with E-state index >= 15 is 0 Å². The van der Waals surface area contributed by atoms with E-state index in [0.717, 1.165) is 56.9 Å². The molecule has 2 aliphatic heterocycles. The Balaban J connectivity index is 1.33. The quantitative estimate of drug-likeness (QED) is 0.743. The summed E-state index contributed by atoms with van der Waals surface area (Å²) in [6.45, 7) is 4.98. The van der Waals surface area contributed by atoms with Gasteiger partial charge in [0.25, 0.3) is 0 Å². The molecule has 27 heavy (non-hydrogen) atoms. The van der Waals surface area contributed by atoms with Crippen LogP contribution in [-0.4, -0.2) is 78.6 Å². The Bertz CT molecular complexity index is 701. The second kappa shape index (κ2) is 8.10. The number of carbonyl (C=O) groups excluding carboxylic acids is 2. The monoisotopic (exact) mass is 389 g/mol. The summed E-state index contributed by atoms with van der Waals surface area (Å²) in [6, 6.07) is 7.95. The zero-order valence-electron chi connectivity index (χ0n) is 15.8. The van der Waals surface area contributed by atoms with Crippen molar-refractivity contribution >= 4 is 23.6 Å². The fourth-order valence-corrected chi connectivity index (χ4v) is 5.10. The number of rotatable bonds is 6. The minimum atomic E-state index is 0.0198. The van der Waals surface area contributed by atoms with E-state index in [1.54, 1.807) is 18.9 Å². The van der Waals surface area contributed by atoms with E-state index in [-0.39, 0.29) is 11.3 Å². The minimum absolute atomic E-state index is 0.0198. The molecule has 4 rings (SSSR count). The number of hydrogen-bond donors (Lipinski definition) is 0. The van der Waals surface area contributed by atoms with E-state index in [1.807, 2.05) is 34.1 Å². The summed E-state index contributed by atoms with van der Waals surface area (Å²) in [7, 11) is 1.67. The average Bonchev–Trinajstić information content (AvgIpc) is 3.49. The lowest BCUT2D eigenvalue weighted by atomic mass is 10.2. The molecule has 1 aromatic rings. The molecule has 1 aromatic carbocycles. The number of benzene rings is 1. The van der Waals surface area contributed by atoms with Gasteiger partial charge in [-0.15, -0.1) is 11.8 Å². The number of para-hydroxylation sites is 1. The minimum Gasteiger partial charge on any atom is -0.496 e. The molecule has 146 valence electrons. The van der Waals surface area contributed by atoms with E-state index in [1.165, 1.54) is 0 Å². The Morgan fingerprint density at radius 1 is 1.15 bits per heavy atom. The first kappa shape index (κ1) is 18.6. The van der Waals surface area contributed by atoms with Crippen molar-refractivity contribution in [3.8, 4) is 5.75 Å². The molecular weight excluding hydrogens is 362 g/mol. The molecule has 3 fully saturated rings. The van der Waals surface area contributed by atoms with Crippen LogP contribution in [0.2, 0.25) is 0 Å². The number of nitrogens with zero attached hydrogens (tertiary/aromatic N) is 3. The summed E-state index contributed by atoms with van der Waals surface area (Å²) in [6.07, 6.45) is 2.14. The molecule has 6 nitrogen and oxygen atoms in total. The fourth-order valence-electron chi connectivity index (χ4n) is 3.85. The molecule has 0 bridgehead atoms. The first-order valence-corrected chi connectivity index (χ1v) is 10.8. The SMILES string of the molecule is COc1ccccc1C1SCC(=O)N1CCN1CCN(C(=O)C2CC2)CC1. The van der Waals surface area contributed by atoms with Gasteiger partial charge in [-0.3, -0.25) is 14.5 Å².